The van der Waals surface area contributed by atoms with E-state index in [1.165, 1.54) is 25.7 Å². The van der Waals surface area contributed by atoms with Crippen molar-refractivity contribution in [3.05, 3.63) is 0 Å². The van der Waals surface area contributed by atoms with Gasteiger partial charge in [0.25, 0.3) is 0 Å². The fraction of sp³-hybridized carbons (Fsp3) is 0.929. The molecule has 2 aliphatic carbocycles. The Morgan fingerprint density at radius 2 is 2.18 bits per heavy atom. The topological polar surface area (TPSA) is 41.1 Å². The Labute approximate surface area is 104 Å². The number of fused-ring (bicyclic) bond motifs is 2. The second-order valence-corrected chi connectivity index (χ2v) is 6.33. The monoisotopic (exact) mass is 236 g/mol. The quantitative estimate of drug-likeness (QED) is 0.780. The molecule has 1 aliphatic heterocycles. The molecule has 0 aromatic carbocycles. The van der Waals surface area contributed by atoms with Gasteiger partial charge < -0.3 is 10.6 Å². The van der Waals surface area contributed by atoms with Gasteiger partial charge in [-0.1, -0.05) is 6.42 Å². The molecule has 0 spiro atoms. The number of nitrogens with one attached hydrogen (secondary N) is 2. The van der Waals surface area contributed by atoms with Crippen molar-refractivity contribution in [2.45, 2.75) is 45.1 Å². The molecule has 3 aliphatic rings. The van der Waals surface area contributed by atoms with E-state index in [-0.39, 0.29) is 11.8 Å². The first kappa shape index (κ1) is 11.5. The molecule has 17 heavy (non-hydrogen) atoms. The second-order valence-electron chi connectivity index (χ2n) is 6.33. The lowest BCUT2D eigenvalue weighted by molar-refractivity contribution is -0.125. The Kier molecular flexibility index (Phi) is 3.12. The van der Waals surface area contributed by atoms with Crippen LogP contribution in [-0.2, 0) is 4.79 Å². The summed E-state index contributed by atoms with van der Waals surface area (Å²) in [5.41, 5.74) is 0. The highest BCUT2D eigenvalue weighted by molar-refractivity contribution is 5.79. The molecule has 2 saturated carbocycles. The van der Waals surface area contributed by atoms with E-state index >= 15 is 0 Å². The van der Waals surface area contributed by atoms with E-state index in [1.54, 1.807) is 0 Å². The van der Waals surface area contributed by atoms with Crippen molar-refractivity contribution < 1.29 is 4.79 Å². The predicted molar refractivity (Wildman–Crippen MR) is 67.5 cm³/mol. The summed E-state index contributed by atoms with van der Waals surface area (Å²) in [4.78, 5) is 12.1. The molecule has 3 rings (SSSR count). The first-order valence-electron chi connectivity index (χ1n) is 7.25. The lowest BCUT2D eigenvalue weighted by Gasteiger charge is -2.29. The Balaban J connectivity index is 1.52. The fourth-order valence-electron chi connectivity index (χ4n) is 4.23. The highest BCUT2D eigenvalue weighted by Gasteiger charge is 2.42. The first-order chi connectivity index (χ1) is 8.24. The third-order valence-electron chi connectivity index (χ3n) is 5.24. The zero-order valence-electron chi connectivity index (χ0n) is 10.7. The van der Waals surface area contributed by atoms with Gasteiger partial charge in [-0.2, -0.15) is 0 Å². The van der Waals surface area contributed by atoms with E-state index in [0.717, 1.165) is 37.3 Å². The van der Waals surface area contributed by atoms with Gasteiger partial charge in [-0.05, 0) is 56.9 Å². The maximum Gasteiger partial charge on any atom is 0.224 e. The molecule has 1 amide bonds. The number of amides is 1. The average molecular weight is 236 g/mol. The highest BCUT2D eigenvalue weighted by Crippen LogP contribution is 2.49. The van der Waals surface area contributed by atoms with Crippen molar-refractivity contribution in [3.8, 4) is 0 Å². The van der Waals surface area contributed by atoms with Crippen molar-refractivity contribution >= 4 is 5.91 Å². The minimum Gasteiger partial charge on any atom is -0.353 e. The van der Waals surface area contributed by atoms with Crippen LogP contribution >= 0.6 is 0 Å². The Hall–Kier alpha value is -0.570. The van der Waals surface area contributed by atoms with Crippen LogP contribution in [0.5, 0.6) is 0 Å². The van der Waals surface area contributed by atoms with Gasteiger partial charge in [-0.3, -0.25) is 4.79 Å². The summed E-state index contributed by atoms with van der Waals surface area (Å²) in [6, 6.07) is 0.387. The zero-order chi connectivity index (χ0) is 11.8. The Morgan fingerprint density at radius 3 is 2.76 bits per heavy atom. The van der Waals surface area contributed by atoms with E-state index in [4.69, 9.17) is 0 Å². The normalized spacial score (nSPS) is 41.7. The molecule has 3 nitrogen and oxygen atoms in total. The van der Waals surface area contributed by atoms with Crippen LogP contribution in [0, 0.1) is 23.7 Å². The highest BCUT2D eigenvalue weighted by atomic mass is 16.2. The molecular weight excluding hydrogens is 212 g/mol. The molecule has 1 heterocycles. The van der Waals surface area contributed by atoms with Crippen LogP contribution in [0.1, 0.15) is 39.0 Å². The lowest BCUT2D eigenvalue weighted by Crippen LogP contribution is -2.43. The van der Waals surface area contributed by atoms with Gasteiger partial charge in [-0.15, -0.1) is 0 Å². The molecule has 1 saturated heterocycles. The summed E-state index contributed by atoms with van der Waals surface area (Å²) in [5.74, 6) is 3.13. The van der Waals surface area contributed by atoms with Crippen molar-refractivity contribution in [2.75, 3.05) is 13.1 Å². The molecule has 5 atom stereocenters. The zero-order valence-corrected chi connectivity index (χ0v) is 10.7. The third-order valence-corrected chi connectivity index (χ3v) is 5.24. The second kappa shape index (κ2) is 4.60. The van der Waals surface area contributed by atoms with E-state index in [9.17, 15) is 4.79 Å². The van der Waals surface area contributed by atoms with Crippen LogP contribution in [0.4, 0.5) is 0 Å². The number of carbonyl (C=O) groups excluding carboxylic acids is 1. The van der Waals surface area contributed by atoms with E-state index < -0.39 is 0 Å². The van der Waals surface area contributed by atoms with Crippen molar-refractivity contribution in [1.82, 2.24) is 10.6 Å². The minimum atomic E-state index is 0.219. The average Bonchev–Trinajstić information content (AvgIpc) is 3.05. The molecule has 0 aromatic rings. The summed E-state index contributed by atoms with van der Waals surface area (Å²) in [6.07, 6.45) is 6.63. The Morgan fingerprint density at radius 1 is 1.29 bits per heavy atom. The SMILES string of the molecule is CC(NC(=O)C1CCNC1)C1CC2CCC1C2. The largest absolute Gasteiger partial charge is 0.353 e. The van der Waals surface area contributed by atoms with Crippen LogP contribution in [0.3, 0.4) is 0 Å². The number of rotatable bonds is 3. The summed E-state index contributed by atoms with van der Waals surface area (Å²) in [7, 11) is 0. The van der Waals surface area contributed by atoms with Crippen LogP contribution in [0.2, 0.25) is 0 Å². The maximum atomic E-state index is 12.1. The molecule has 3 heteroatoms. The third kappa shape index (κ3) is 2.22. The summed E-state index contributed by atoms with van der Waals surface area (Å²) < 4.78 is 0. The molecular formula is C14H24N2O. The van der Waals surface area contributed by atoms with E-state index in [1.807, 2.05) is 0 Å². The van der Waals surface area contributed by atoms with E-state index in [2.05, 4.69) is 17.6 Å². The molecule has 0 radical (unpaired) electrons. The molecule has 0 aromatic heterocycles. The summed E-state index contributed by atoms with van der Waals surface area (Å²) >= 11 is 0. The van der Waals surface area contributed by atoms with Gasteiger partial charge >= 0.3 is 0 Å². The number of hydrogen-bond donors (Lipinski definition) is 2. The minimum absolute atomic E-state index is 0.219. The van der Waals surface area contributed by atoms with E-state index in [0.29, 0.717) is 6.04 Å². The van der Waals surface area contributed by atoms with Gasteiger partial charge in [0.1, 0.15) is 0 Å². The first-order valence-corrected chi connectivity index (χ1v) is 7.25. The molecule has 96 valence electrons. The van der Waals surface area contributed by atoms with Crippen LogP contribution in [0.25, 0.3) is 0 Å². The van der Waals surface area contributed by atoms with Gasteiger partial charge in [0.2, 0.25) is 5.91 Å². The number of hydrogen-bond acceptors (Lipinski definition) is 2. The summed E-state index contributed by atoms with van der Waals surface area (Å²) in [6.45, 7) is 4.08. The molecule has 2 bridgehead atoms. The van der Waals surface area contributed by atoms with Gasteiger partial charge in [-0.25, -0.2) is 0 Å². The standard InChI is InChI=1S/C14H24N2O/c1-9(13-7-10-2-3-11(13)6-10)16-14(17)12-4-5-15-8-12/h9-13,15H,2-8H2,1H3,(H,16,17). The van der Waals surface area contributed by atoms with Gasteiger partial charge in [0.15, 0.2) is 0 Å². The smallest absolute Gasteiger partial charge is 0.224 e. The predicted octanol–water partition coefficient (Wildman–Crippen LogP) is 1.54. The van der Waals surface area contributed by atoms with Crippen molar-refractivity contribution in [1.29, 1.82) is 0 Å². The summed E-state index contributed by atoms with van der Waals surface area (Å²) in [5, 5.41) is 6.53. The van der Waals surface area contributed by atoms with Crippen LogP contribution in [-0.4, -0.2) is 25.0 Å². The van der Waals surface area contributed by atoms with Gasteiger partial charge in [0.05, 0.1) is 5.92 Å². The van der Waals surface area contributed by atoms with Crippen molar-refractivity contribution in [2.24, 2.45) is 23.7 Å². The number of carbonyl (C=O) groups is 1. The molecule has 5 unspecified atom stereocenters. The van der Waals surface area contributed by atoms with Crippen LogP contribution < -0.4 is 10.6 Å². The molecule has 2 N–H and O–H groups in total. The lowest BCUT2D eigenvalue weighted by atomic mass is 9.84. The Bertz CT molecular complexity index is 299. The maximum absolute atomic E-state index is 12.1. The van der Waals surface area contributed by atoms with Crippen LogP contribution in [0.15, 0.2) is 0 Å². The molecule has 3 fully saturated rings. The van der Waals surface area contributed by atoms with Gasteiger partial charge in [0, 0.05) is 12.6 Å². The van der Waals surface area contributed by atoms with Crippen molar-refractivity contribution in [3.63, 3.8) is 0 Å². The fourth-order valence-corrected chi connectivity index (χ4v) is 4.23.